The molecule has 0 aliphatic carbocycles. The van der Waals surface area contributed by atoms with E-state index in [1.807, 2.05) is 0 Å². The third-order valence-corrected chi connectivity index (χ3v) is 2.68. The van der Waals surface area contributed by atoms with Gasteiger partial charge in [0.1, 0.15) is 0 Å². The van der Waals surface area contributed by atoms with Crippen LogP contribution in [0.25, 0.3) is 5.69 Å². The van der Waals surface area contributed by atoms with E-state index >= 15 is 0 Å². The topological polar surface area (TPSA) is 74.1 Å². The zero-order valence-corrected chi connectivity index (χ0v) is 11.3. The van der Waals surface area contributed by atoms with Crippen molar-refractivity contribution in [2.45, 2.75) is 6.54 Å². The van der Waals surface area contributed by atoms with Crippen molar-refractivity contribution < 1.29 is 13.9 Å². The highest BCUT2D eigenvalue weighted by molar-refractivity contribution is 5.39. The number of tetrazole rings is 1. The van der Waals surface area contributed by atoms with E-state index in [1.54, 1.807) is 19.2 Å². The molecule has 1 aromatic carbocycles. The van der Waals surface area contributed by atoms with E-state index in [0.29, 0.717) is 31.2 Å². The van der Waals surface area contributed by atoms with Crippen LogP contribution in [-0.2, 0) is 11.3 Å². The van der Waals surface area contributed by atoms with Gasteiger partial charge in [0.2, 0.25) is 0 Å². The van der Waals surface area contributed by atoms with Gasteiger partial charge in [0.25, 0.3) is 0 Å². The lowest BCUT2D eigenvalue weighted by molar-refractivity contribution is 0.199. The lowest BCUT2D eigenvalue weighted by atomic mass is 10.3. The maximum atomic E-state index is 13.4. The summed E-state index contributed by atoms with van der Waals surface area (Å²) < 4.78 is 24.8. The molecule has 108 valence electrons. The van der Waals surface area contributed by atoms with E-state index < -0.39 is 5.82 Å². The largest absolute Gasteiger partial charge is 0.494 e. The first-order valence-corrected chi connectivity index (χ1v) is 6.07. The Hall–Kier alpha value is -2.06. The van der Waals surface area contributed by atoms with Crippen molar-refractivity contribution in [2.24, 2.45) is 0 Å². The Morgan fingerprint density at radius 3 is 2.95 bits per heavy atom. The van der Waals surface area contributed by atoms with Gasteiger partial charge in [-0.1, -0.05) is 0 Å². The molecule has 1 aromatic heterocycles. The van der Waals surface area contributed by atoms with Gasteiger partial charge in [-0.2, -0.15) is 4.68 Å². The van der Waals surface area contributed by atoms with Crippen molar-refractivity contribution >= 4 is 0 Å². The number of nitrogens with one attached hydrogen (secondary N) is 1. The average molecular weight is 281 g/mol. The van der Waals surface area contributed by atoms with Crippen LogP contribution in [0.2, 0.25) is 0 Å². The highest BCUT2D eigenvalue weighted by Gasteiger charge is 2.10. The molecule has 0 amide bonds. The summed E-state index contributed by atoms with van der Waals surface area (Å²) in [6, 6.07) is 4.45. The fourth-order valence-corrected chi connectivity index (χ4v) is 1.67. The lowest BCUT2D eigenvalue weighted by Crippen LogP contribution is -2.21. The van der Waals surface area contributed by atoms with Gasteiger partial charge < -0.3 is 14.8 Å². The first-order chi connectivity index (χ1) is 9.76. The van der Waals surface area contributed by atoms with Gasteiger partial charge in [-0.05, 0) is 22.6 Å². The first-order valence-electron chi connectivity index (χ1n) is 6.07. The summed E-state index contributed by atoms with van der Waals surface area (Å²) in [4.78, 5) is 0. The Bertz CT molecular complexity index is 561. The van der Waals surface area contributed by atoms with E-state index in [0.717, 1.165) is 0 Å². The quantitative estimate of drug-likeness (QED) is 0.747. The Morgan fingerprint density at radius 2 is 2.20 bits per heavy atom. The number of hydrogen-bond acceptors (Lipinski definition) is 6. The molecule has 0 fully saturated rings. The van der Waals surface area contributed by atoms with E-state index in [9.17, 15) is 4.39 Å². The Balaban J connectivity index is 2.14. The number of rotatable bonds is 7. The van der Waals surface area contributed by atoms with Crippen LogP contribution in [0.3, 0.4) is 0 Å². The van der Waals surface area contributed by atoms with Crippen LogP contribution in [-0.4, -0.2) is 47.6 Å². The van der Waals surface area contributed by atoms with Crippen LogP contribution in [0, 0.1) is 5.82 Å². The number of benzene rings is 1. The molecule has 0 bridgehead atoms. The molecule has 1 heterocycles. The fourth-order valence-electron chi connectivity index (χ4n) is 1.67. The molecule has 0 aliphatic heterocycles. The van der Waals surface area contributed by atoms with Gasteiger partial charge in [0.15, 0.2) is 17.4 Å². The first kappa shape index (κ1) is 14.4. The Morgan fingerprint density at radius 1 is 1.35 bits per heavy atom. The Labute approximate surface area is 115 Å². The maximum absolute atomic E-state index is 13.4. The molecular formula is C12H16FN5O2. The number of halogens is 1. The Kier molecular flexibility index (Phi) is 4.97. The number of nitrogens with zero attached hydrogens (tertiary/aromatic N) is 4. The average Bonchev–Trinajstić information content (AvgIpc) is 2.92. The SMILES string of the molecule is COCCNCc1nnnn1-c1ccc(F)c(OC)c1. The molecule has 8 heteroatoms. The number of ether oxygens (including phenoxy) is 2. The summed E-state index contributed by atoms with van der Waals surface area (Å²) in [5.41, 5.74) is 0.636. The zero-order chi connectivity index (χ0) is 14.4. The van der Waals surface area contributed by atoms with Crippen molar-refractivity contribution in [1.29, 1.82) is 0 Å². The molecule has 7 nitrogen and oxygen atoms in total. The second-order valence-electron chi connectivity index (χ2n) is 4.00. The third-order valence-electron chi connectivity index (χ3n) is 2.68. The molecule has 2 aromatic rings. The minimum atomic E-state index is -0.427. The predicted octanol–water partition coefficient (Wildman–Crippen LogP) is 0.546. The maximum Gasteiger partial charge on any atom is 0.170 e. The van der Waals surface area contributed by atoms with Crippen molar-refractivity contribution in [2.75, 3.05) is 27.4 Å². The summed E-state index contributed by atoms with van der Waals surface area (Å²) in [6.07, 6.45) is 0. The van der Waals surface area contributed by atoms with Crippen LogP contribution in [0.4, 0.5) is 4.39 Å². The van der Waals surface area contributed by atoms with Gasteiger partial charge >= 0.3 is 0 Å². The lowest BCUT2D eigenvalue weighted by Gasteiger charge is -2.08. The number of hydrogen-bond donors (Lipinski definition) is 1. The van der Waals surface area contributed by atoms with Crippen LogP contribution < -0.4 is 10.1 Å². The van der Waals surface area contributed by atoms with Gasteiger partial charge in [-0.15, -0.1) is 5.10 Å². The summed E-state index contributed by atoms with van der Waals surface area (Å²) in [5, 5.41) is 14.6. The van der Waals surface area contributed by atoms with Crippen molar-refractivity contribution in [3.05, 3.63) is 29.8 Å². The molecule has 0 saturated heterocycles. The summed E-state index contributed by atoms with van der Waals surface area (Å²) in [6.45, 7) is 1.78. The van der Waals surface area contributed by atoms with E-state index in [1.165, 1.54) is 17.9 Å². The summed E-state index contributed by atoms with van der Waals surface area (Å²) in [5.74, 6) is 0.343. The van der Waals surface area contributed by atoms with Crippen LogP contribution in [0.1, 0.15) is 5.82 Å². The zero-order valence-electron chi connectivity index (χ0n) is 11.3. The van der Waals surface area contributed by atoms with Crippen molar-refractivity contribution in [3.8, 4) is 11.4 Å². The van der Waals surface area contributed by atoms with Gasteiger partial charge in [-0.25, -0.2) is 4.39 Å². The third kappa shape index (κ3) is 3.28. The van der Waals surface area contributed by atoms with E-state index in [-0.39, 0.29) is 5.75 Å². The highest BCUT2D eigenvalue weighted by atomic mass is 19.1. The van der Waals surface area contributed by atoms with Gasteiger partial charge in [0, 0.05) is 19.7 Å². The minimum Gasteiger partial charge on any atom is -0.494 e. The monoisotopic (exact) mass is 281 g/mol. The summed E-state index contributed by atoms with van der Waals surface area (Å²) in [7, 11) is 3.05. The molecule has 0 radical (unpaired) electrons. The van der Waals surface area contributed by atoms with E-state index in [2.05, 4.69) is 20.8 Å². The second-order valence-corrected chi connectivity index (χ2v) is 4.00. The molecule has 20 heavy (non-hydrogen) atoms. The molecular weight excluding hydrogens is 265 g/mol. The molecule has 1 N–H and O–H groups in total. The predicted molar refractivity (Wildman–Crippen MR) is 69.2 cm³/mol. The molecule has 0 unspecified atom stereocenters. The normalized spacial score (nSPS) is 10.8. The molecule has 0 spiro atoms. The second kappa shape index (κ2) is 6.92. The smallest absolute Gasteiger partial charge is 0.170 e. The molecule has 2 rings (SSSR count). The fraction of sp³-hybridized carbons (Fsp3) is 0.417. The van der Waals surface area contributed by atoms with Crippen molar-refractivity contribution in [1.82, 2.24) is 25.5 Å². The summed E-state index contributed by atoms with van der Waals surface area (Å²) >= 11 is 0. The molecule has 0 atom stereocenters. The van der Waals surface area contributed by atoms with Gasteiger partial charge in [0.05, 0.1) is 25.9 Å². The van der Waals surface area contributed by atoms with Crippen molar-refractivity contribution in [3.63, 3.8) is 0 Å². The van der Waals surface area contributed by atoms with Crippen LogP contribution in [0.5, 0.6) is 5.75 Å². The molecule has 0 aliphatic rings. The van der Waals surface area contributed by atoms with E-state index in [4.69, 9.17) is 9.47 Å². The van der Waals surface area contributed by atoms with Gasteiger partial charge in [-0.3, -0.25) is 0 Å². The number of aromatic nitrogens is 4. The van der Waals surface area contributed by atoms with Crippen LogP contribution in [0.15, 0.2) is 18.2 Å². The standard InChI is InChI=1S/C12H16FN5O2/c1-19-6-5-14-8-12-15-16-17-18(12)9-3-4-10(13)11(7-9)20-2/h3-4,7,14H,5-6,8H2,1-2H3. The molecule has 0 saturated carbocycles. The minimum absolute atomic E-state index is 0.149. The number of methoxy groups -OCH3 is 2. The van der Waals surface area contributed by atoms with Crippen LogP contribution >= 0.6 is 0 Å². The highest BCUT2D eigenvalue weighted by Crippen LogP contribution is 2.20.